The van der Waals surface area contributed by atoms with Gasteiger partial charge in [-0.15, -0.1) is 0 Å². The van der Waals surface area contributed by atoms with Gasteiger partial charge in [0.15, 0.2) is 0 Å². The van der Waals surface area contributed by atoms with E-state index in [-0.39, 0.29) is 15.3 Å². The quantitative estimate of drug-likeness (QED) is 0.406. The third kappa shape index (κ3) is 9.68. The molecule has 0 unspecified atom stereocenters. The molecule has 0 amide bonds. The Morgan fingerprint density at radius 1 is 0.769 bits per heavy atom. The number of hydrogen-bond acceptors (Lipinski definition) is 0. The van der Waals surface area contributed by atoms with Gasteiger partial charge in [-0.25, -0.2) is 0 Å². The molecule has 0 saturated carbocycles. The van der Waals surface area contributed by atoms with E-state index in [0.717, 1.165) is 17.0 Å². The summed E-state index contributed by atoms with van der Waals surface area (Å²) in [5.74, 6) is 0. The van der Waals surface area contributed by atoms with Crippen molar-refractivity contribution in [3.05, 3.63) is 7.43 Å². The molecule has 0 aromatic rings. The molecule has 0 aliphatic carbocycles. The second kappa shape index (κ2) is 11.5. The second-order valence-corrected chi connectivity index (χ2v) is 8.43. The van der Waals surface area contributed by atoms with E-state index < -0.39 is 0 Å². The number of rotatable bonds is 3. The molecule has 3 heteroatoms. The molecule has 0 saturated heterocycles. The summed E-state index contributed by atoms with van der Waals surface area (Å²) < 4.78 is 0. The van der Waals surface area contributed by atoms with Gasteiger partial charge < -0.3 is 7.43 Å². The van der Waals surface area contributed by atoms with Crippen LogP contribution in [0.2, 0.25) is 0 Å². The van der Waals surface area contributed by atoms with Crippen molar-refractivity contribution in [2.75, 3.05) is 0 Å². The molecule has 0 aromatic carbocycles. The molecular weight excluding hydrogens is 293 g/mol. The molecular formula is C10H25ClPPd+. The first-order chi connectivity index (χ1) is 5.46. The van der Waals surface area contributed by atoms with Crippen molar-refractivity contribution in [2.24, 2.45) is 0 Å². The summed E-state index contributed by atoms with van der Waals surface area (Å²) in [6.45, 7) is 14.2. The van der Waals surface area contributed by atoms with Gasteiger partial charge in [-0.05, 0) is 41.5 Å². The molecule has 0 N–H and O–H groups in total. The molecule has 0 heterocycles. The Labute approximate surface area is 101 Å². The van der Waals surface area contributed by atoms with Crippen LogP contribution >= 0.6 is 17.5 Å². The fraction of sp³-hybridized carbons (Fsp3) is 0.900. The van der Waals surface area contributed by atoms with E-state index in [2.05, 4.69) is 69.3 Å². The van der Waals surface area contributed by atoms with Gasteiger partial charge in [0.2, 0.25) is 0 Å². The molecule has 0 aliphatic rings. The third-order valence-electron chi connectivity index (χ3n) is 2.00. The van der Waals surface area contributed by atoms with Gasteiger partial charge in [-0.2, -0.15) is 0 Å². The first-order valence-corrected chi connectivity index (χ1v) is 8.18. The summed E-state index contributed by atoms with van der Waals surface area (Å²) in [6.07, 6.45) is 0. The van der Waals surface area contributed by atoms with Gasteiger partial charge >= 0.3 is 27.7 Å². The van der Waals surface area contributed by atoms with Crippen LogP contribution in [-0.4, -0.2) is 17.0 Å². The van der Waals surface area contributed by atoms with Crippen molar-refractivity contribution in [2.45, 2.75) is 58.5 Å². The van der Waals surface area contributed by atoms with Crippen LogP contribution in [0.3, 0.4) is 0 Å². The maximum atomic E-state index is 4.49. The molecule has 0 fully saturated rings. The predicted molar refractivity (Wildman–Crippen MR) is 66.0 cm³/mol. The molecule has 86 valence electrons. The van der Waals surface area contributed by atoms with Crippen LogP contribution in [0.25, 0.3) is 0 Å². The standard InChI is InChI=1S/C9H21P.CH3.ClH.Pd/c1-7(2)10(8(3)4)9(5)6;;;/h7-9H,1-6H3;1H3;1H;/q;-1;;+2. The summed E-state index contributed by atoms with van der Waals surface area (Å²) in [5, 5.41) is 0. The summed E-state index contributed by atoms with van der Waals surface area (Å²) in [4.78, 5) is 0. The van der Waals surface area contributed by atoms with Crippen LogP contribution in [0.15, 0.2) is 0 Å². The predicted octanol–water partition coefficient (Wildman–Crippen LogP) is 4.56. The van der Waals surface area contributed by atoms with E-state index in [0.29, 0.717) is 0 Å². The first kappa shape index (κ1) is 19.9. The topological polar surface area (TPSA) is 0 Å². The van der Waals surface area contributed by atoms with Crippen LogP contribution in [0.5, 0.6) is 0 Å². The van der Waals surface area contributed by atoms with Crippen LogP contribution in [0.1, 0.15) is 41.5 Å². The second-order valence-electron chi connectivity index (χ2n) is 3.96. The zero-order chi connectivity index (χ0) is 10.3. The fourth-order valence-electron chi connectivity index (χ4n) is 2.00. The minimum absolute atomic E-state index is 0. The zero-order valence-electron chi connectivity index (χ0n) is 9.93. The number of hydrogen-bond donors (Lipinski definition) is 0. The zero-order valence-corrected chi connectivity index (χ0v) is 13.2. The van der Waals surface area contributed by atoms with Gasteiger partial charge in [-0.3, -0.25) is 0 Å². The summed E-state index contributed by atoms with van der Waals surface area (Å²) in [6, 6.07) is 0. The van der Waals surface area contributed by atoms with E-state index in [9.17, 15) is 0 Å². The maximum absolute atomic E-state index is 4.49. The van der Waals surface area contributed by atoms with Crippen molar-refractivity contribution in [1.29, 1.82) is 0 Å². The summed E-state index contributed by atoms with van der Waals surface area (Å²) >= 11 is 2.22. The van der Waals surface area contributed by atoms with Crippen molar-refractivity contribution in [1.82, 2.24) is 0 Å². The van der Waals surface area contributed by atoms with Crippen molar-refractivity contribution in [3.63, 3.8) is 0 Å². The normalized spacial score (nSPS) is 10.2. The minimum atomic E-state index is -0.0957. The van der Waals surface area contributed by atoms with Crippen LogP contribution < -0.4 is 0 Å². The van der Waals surface area contributed by atoms with Crippen LogP contribution in [0, 0.1) is 7.43 Å². The monoisotopic (exact) mass is 317 g/mol. The van der Waals surface area contributed by atoms with Crippen LogP contribution in [0.4, 0.5) is 0 Å². The van der Waals surface area contributed by atoms with Crippen molar-refractivity contribution in [3.8, 4) is 0 Å². The molecule has 0 rings (SSSR count). The molecule has 0 atom stereocenters. The van der Waals surface area contributed by atoms with Gasteiger partial charge in [-0.1, -0.05) is 0 Å². The van der Waals surface area contributed by atoms with Gasteiger partial charge in [0, 0.05) is 7.92 Å². The van der Waals surface area contributed by atoms with Gasteiger partial charge in [0.1, 0.15) is 0 Å². The average molecular weight is 318 g/mol. The Hall–Kier alpha value is 1.38. The molecule has 0 nitrogen and oxygen atoms in total. The molecule has 0 bridgehead atoms. The Morgan fingerprint density at radius 2 is 0.923 bits per heavy atom. The summed E-state index contributed by atoms with van der Waals surface area (Å²) in [5.41, 5.74) is 2.81. The van der Waals surface area contributed by atoms with Crippen molar-refractivity contribution >= 4 is 17.5 Å². The average Bonchev–Trinajstić information content (AvgIpc) is 1.88. The van der Waals surface area contributed by atoms with E-state index in [1.165, 1.54) is 0 Å². The van der Waals surface area contributed by atoms with E-state index in [4.69, 9.17) is 0 Å². The first-order valence-electron chi connectivity index (χ1n) is 4.45. The Balaban J connectivity index is -0.000000309. The molecule has 0 aromatic heterocycles. The Kier molecular flexibility index (Phi) is 17.5. The SMILES string of the molecule is CC(C)[PH+](C(C)C)C(C)C.[CH3-].[Cl][Pd+]. The molecule has 0 aliphatic heterocycles. The molecule has 0 radical (unpaired) electrons. The third-order valence-corrected chi connectivity index (χ3v) is 6.00. The van der Waals surface area contributed by atoms with E-state index >= 15 is 0 Å². The van der Waals surface area contributed by atoms with Gasteiger partial charge in [0.25, 0.3) is 0 Å². The Bertz CT molecular complexity index is 75.9. The van der Waals surface area contributed by atoms with E-state index in [1.807, 2.05) is 0 Å². The van der Waals surface area contributed by atoms with Gasteiger partial charge in [0.05, 0.1) is 17.0 Å². The number of halogens is 1. The van der Waals surface area contributed by atoms with Crippen molar-refractivity contribution < 1.29 is 18.2 Å². The molecule has 13 heavy (non-hydrogen) atoms. The Morgan fingerprint density at radius 3 is 0.923 bits per heavy atom. The van der Waals surface area contributed by atoms with E-state index in [1.54, 1.807) is 0 Å². The molecule has 0 spiro atoms. The van der Waals surface area contributed by atoms with Crippen LogP contribution in [-0.2, 0) is 18.2 Å². The summed E-state index contributed by atoms with van der Waals surface area (Å²) in [7, 11) is 4.39. The fourth-order valence-corrected chi connectivity index (χ4v) is 6.00.